The first-order valence-electron chi connectivity index (χ1n) is 17.3. The molecule has 10 nitrogen and oxygen atoms in total. The van der Waals surface area contributed by atoms with Crippen molar-refractivity contribution in [3.63, 3.8) is 0 Å². The van der Waals surface area contributed by atoms with Crippen molar-refractivity contribution in [1.82, 2.24) is 19.4 Å². The van der Waals surface area contributed by atoms with Crippen LogP contribution in [0.5, 0.6) is 0 Å². The minimum atomic E-state index is -0.545. The SMILES string of the molecule is Cc1cc(-n2c(N3CCN(c4ccccc4)C3=O)nc3c(c2=O)CCN(C(=O)c2cc4cc(C5CCOCC5)ccc4[nH]2)[C@@H]3C)cc(C)c1F. The van der Waals surface area contributed by atoms with Gasteiger partial charge >= 0.3 is 6.03 Å². The number of hydrogen-bond donors (Lipinski definition) is 1. The van der Waals surface area contributed by atoms with E-state index in [0.29, 0.717) is 59.3 Å². The van der Waals surface area contributed by atoms with Crippen LogP contribution in [0.4, 0.5) is 20.8 Å². The number of amides is 3. The van der Waals surface area contributed by atoms with Gasteiger partial charge in [0, 0.05) is 55.0 Å². The Morgan fingerprint density at radius 1 is 0.900 bits per heavy atom. The number of aromatic nitrogens is 3. The first-order chi connectivity index (χ1) is 24.2. The van der Waals surface area contributed by atoms with E-state index < -0.39 is 6.04 Å². The number of ether oxygens (including phenoxy) is 1. The maximum Gasteiger partial charge on any atom is 0.331 e. The number of nitrogens with zero attached hydrogens (tertiary/aromatic N) is 5. The van der Waals surface area contributed by atoms with Crippen LogP contribution in [-0.2, 0) is 11.2 Å². The summed E-state index contributed by atoms with van der Waals surface area (Å²) in [6.45, 7) is 7.70. The minimum absolute atomic E-state index is 0.148. The summed E-state index contributed by atoms with van der Waals surface area (Å²) in [6.07, 6.45) is 2.25. The molecule has 2 aromatic heterocycles. The van der Waals surface area contributed by atoms with Crippen molar-refractivity contribution >= 4 is 34.5 Å². The van der Waals surface area contributed by atoms with Crippen LogP contribution in [0.1, 0.15) is 70.2 Å². The molecule has 11 heteroatoms. The summed E-state index contributed by atoms with van der Waals surface area (Å²) >= 11 is 0. The number of hydrogen-bond acceptors (Lipinski definition) is 5. The molecule has 256 valence electrons. The summed E-state index contributed by atoms with van der Waals surface area (Å²) in [5, 5.41) is 0.978. The van der Waals surface area contributed by atoms with Crippen LogP contribution in [0, 0.1) is 19.7 Å². The van der Waals surface area contributed by atoms with Crippen molar-refractivity contribution in [2.45, 2.75) is 52.0 Å². The summed E-state index contributed by atoms with van der Waals surface area (Å²) in [6, 6.07) is 19.9. The molecular weight excluding hydrogens is 635 g/mol. The second-order valence-electron chi connectivity index (χ2n) is 13.6. The van der Waals surface area contributed by atoms with Gasteiger partial charge in [-0.05, 0) is 105 Å². The monoisotopic (exact) mass is 674 g/mol. The van der Waals surface area contributed by atoms with Gasteiger partial charge in [0.25, 0.3) is 11.5 Å². The zero-order valence-electron chi connectivity index (χ0n) is 28.4. The highest BCUT2D eigenvalue weighted by Crippen LogP contribution is 2.34. The van der Waals surface area contributed by atoms with E-state index in [1.807, 2.05) is 49.4 Å². The van der Waals surface area contributed by atoms with Gasteiger partial charge in [0.05, 0.1) is 17.4 Å². The predicted octanol–water partition coefficient (Wildman–Crippen LogP) is 6.57. The van der Waals surface area contributed by atoms with Gasteiger partial charge in [0.2, 0.25) is 5.95 Å². The third-order valence-corrected chi connectivity index (χ3v) is 10.5. The Morgan fingerprint density at radius 2 is 1.62 bits per heavy atom. The lowest BCUT2D eigenvalue weighted by Crippen LogP contribution is -2.44. The molecule has 0 radical (unpaired) electrons. The molecule has 0 bridgehead atoms. The molecule has 0 unspecified atom stereocenters. The molecule has 1 N–H and O–H groups in total. The number of para-hydroxylation sites is 1. The lowest BCUT2D eigenvalue weighted by molar-refractivity contribution is 0.0666. The van der Waals surface area contributed by atoms with Gasteiger partial charge in [0.1, 0.15) is 11.5 Å². The summed E-state index contributed by atoms with van der Waals surface area (Å²) in [5.74, 6) is 0.0586. The van der Waals surface area contributed by atoms with E-state index in [1.54, 1.807) is 35.8 Å². The van der Waals surface area contributed by atoms with Gasteiger partial charge in [-0.2, -0.15) is 0 Å². The fraction of sp³-hybridized carbons (Fsp3) is 0.333. The highest BCUT2D eigenvalue weighted by molar-refractivity contribution is 6.05. The van der Waals surface area contributed by atoms with Gasteiger partial charge in [0.15, 0.2) is 0 Å². The summed E-state index contributed by atoms with van der Waals surface area (Å²) in [5.41, 5.74) is 5.17. The molecule has 3 aliphatic rings. The molecule has 3 amide bonds. The fourth-order valence-corrected chi connectivity index (χ4v) is 7.73. The van der Waals surface area contributed by atoms with Crippen molar-refractivity contribution in [2.75, 3.05) is 42.6 Å². The standard InChI is InChI=1S/C39H39FN6O4/c1-23-19-30(20-24(2)34(23)40)46-36(47)31-11-14-43(37(48)33-22-28-21-27(9-10-32(28)41-33)26-12-17-50-18-13-26)25(3)35(31)42-38(46)45-16-15-44(39(45)49)29-7-5-4-6-8-29/h4-10,19-22,25-26,41H,11-18H2,1-3H3/t25-/m1/s1. The fourth-order valence-electron chi connectivity index (χ4n) is 7.73. The molecule has 0 spiro atoms. The van der Waals surface area contributed by atoms with Crippen molar-refractivity contribution in [2.24, 2.45) is 0 Å². The molecule has 0 saturated carbocycles. The molecule has 3 aromatic carbocycles. The van der Waals surface area contributed by atoms with E-state index in [9.17, 15) is 18.8 Å². The van der Waals surface area contributed by atoms with Gasteiger partial charge in [-0.1, -0.05) is 24.3 Å². The smallest absolute Gasteiger partial charge is 0.331 e. The number of anilines is 2. The minimum Gasteiger partial charge on any atom is -0.381 e. The van der Waals surface area contributed by atoms with Crippen LogP contribution in [0.15, 0.2) is 71.5 Å². The van der Waals surface area contributed by atoms with Crippen molar-refractivity contribution in [3.8, 4) is 5.69 Å². The largest absolute Gasteiger partial charge is 0.381 e. The number of carbonyl (C=O) groups excluding carboxylic acids is 2. The maximum atomic E-state index is 14.8. The highest BCUT2D eigenvalue weighted by atomic mass is 19.1. The van der Waals surface area contributed by atoms with Crippen molar-refractivity contribution < 1.29 is 18.7 Å². The second kappa shape index (κ2) is 12.5. The van der Waals surface area contributed by atoms with Crippen LogP contribution < -0.4 is 15.4 Å². The van der Waals surface area contributed by atoms with Crippen LogP contribution in [0.3, 0.4) is 0 Å². The Bertz CT molecular complexity index is 2180. The zero-order valence-corrected chi connectivity index (χ0v) is 28.4. The number of benzene rings is 3. The van der Waals surface area contributed by atoms with Gasteiger partial charge < -0.3 is 14.6 Å². The molecule has 1 atom stereocenters. The Hall–Kier alpha value is -5.29. The van der Waals surface area contributed by atoms with Gasteiger partial charge in [-0.25, -0.2) is 18.7 Å². The van der Waals surface area contributed by atoms with Crippen LogP contribution >= 0.6 is 0 Å². The van der Waals surface area contributed by atoms with E-state index in [2.05, 4.69) is 17.1 Å². The van der Waals surface area contributed by atoms with E-state index in [-0.39, 0.29) is 35.7 Å². The number of rotatable bonds is 5. The number of halogens is 1. The van der Waals surface area contributed by atoms with Crippen molar-refractivity contribution in [1.29, 1.82) is 0 Å². The molecule has 3 aliphatic heterocycles. The molecule has 5 heterocycles. The first kappa shape index (κ1) is 31.9. The third-order valence-electron chi connectivity index (χ3n) is 10.5. The highest BCUT2D eigenvalue weighted by Gasteiger charge is 2.38. The zero-order chi connectivity index (χ0) is 34.7. The molecule has 0 aliphatic carbocycles. The van der Waals surface area contributed by atoms with Crippen LogP contribution in [0.25, 0.3) is 16.6 Å². The summed E-state index contributed by atoms with van der Waals surface area (Å²) < 4.78 is 21.7. The number of urea groups is 1. The van der Waals surface area contributed by atoms with Gasteiger partial charge in [-0.3, -0.25) is 19.4 Å². The van der Waals surface area contributed by atoms with Crippen LogP contribution in [-0.4, -0.2) is 64.2 Å². The number of aryl methyl sites for hydroxylation is 2. The molecule has 50 heavy (non-hydrogen) atoms. The normalized spacial score (nSPS) is 18.3. The summed E-state index contributed by atoms with van der Waals surface area (Å²) in [7, 11) is 0. The molecule has 2 fully saturated rings. The van der Waals surface area contributed by atoms with E-state index in [1.165, 1.54) is 15.0 Å². The third kappa shape index (κ3) is 5.36. The topological polar surface area (TPSA) is 104 Å². The number of carbonyl (C=O) groups is 2. The molecule has 8 rings (SSSR count). The lowest BCUT2D eigenvalue weighted by Gasteiger charge is -2.35. The predicted molar refractivity (Wildman–Crippen MR) is 190 cm³/mol. The lowest BCUT2D eigenvalue weighted by atomic mass is 9.91. The van der Waals surface area contributed by atoms with Gasteiger partial charge in [-0.15, -0.1) is 0 Å². The maximum absolute atomic E-state index is 14.8. The van der Waals surface area contributed by atoms with Crippen LogP contribution in [0.2, 0.25) is 0 Å². The number of fused-ring (bicyclic) bond motifs is 2. The van der Waals surface area contributed by atoms with Crippen molar-refractivity contribution in [3.05, 3.63) is 117 Å². The molecule has 2 saturated heterocycles. The average molecular weight is 675 g/mol. The molecule has 5 aromatic rings. The Morgan fingerprint density at radius 3 is 2.36 bits per heavy atom. The quantitative estimate of drug-likeness (QED) is 0.227. The second-order valence-corrected chi connectivity index (χ2v) is 13.6. The Kier molecular flexibility index (Phi) is 8.02. The van der Waals surface area contributed by atoms with E-state index in [4.69, 9.17) is 9.72 Å². The number of aromatic amines is 1. The Labute approximate surface area is 289 Å². The van der Waals surface area contributed by atoms with E-state index in [0.717, 1.165) is 42.6 Å². The number of nitrogens with one attached hydrogen (secondary N) is 1. The first-order valence-corrected chi connectivity index (χ1v) is 17.3. The molecular formula is C39H39FN6O4. The Balaban J connectivity index is 1.17. The van der Waals surface area contributed by atoms with E-state index >= 15 is 0 Å². The summed E-state index contributed by atoms with van der Waals surface area (Å²) in [4.78, 5) is 55.8. The number of H-pyrrole nitrogens is 1. The average Bonchev–Trinajstić information content (AvgIpc) is 3.74.